The van der Waals surface area contributed by atoms with Crippen LogP contribution in [0.3, 0.4) is 0 Å². The number of esters is 1. The van der Waals surface area contributed by atoms with Crippen LogP contribution in [-0.4, -0.2) is 34.1 Å². The molecule has 0 bridgehead atoms. The van der Waals surface area contributed by atoms with Gasteiger partial charge >= 0.3 is 5.97 Å². The Bertz CT molecular complexity index is 1140. The minimum Gasteiger partial charge on any atom is -0.448 e. The second-order valence-electron chi connectivity index (χ2n) is 6.24. The van der Waals surface area contributed by atoms with Crippen LogP contribution in [0.5, 0.6) is 0 Å². The zero-order chi connectivity index (χ0) is 21.0. The fourth-order valence-electron chi connectivity index (χ4n) is 2.62. The van der Waals surface area contributed by atoms with E-state index in [1.807, 2.05) is 0 Å². The van der Waals surface area contributed by atoms with Gasteiger partial charge in [0, 0.05) is 23.7 Å². The average Bonchev–Trinajstić information content (AvgIpc) is 2.69. The molecule has 2 amide bonds. The van der Waals surface area contributed by atoms with Crippen LogP contribution in [0.25, 0.3) is 10.8 Å². The zero-order valence-corrected chi connectivity index (χ0v) is 15.7. The summed E-state index contributed by atoms with van der Waals surface area (Å²) < 4.78 is 5.20. The molecular weight excluding hydrogens is 376 g/mol. The van der Waals surface area contributed by atoms with Gasteiger partial charge in [-0.15, -0.1) is 0 Å². The standard InChI is InChI=1S/C20H18N4O5/c1-11(18(26)22-14-9-7-13(8-10-14)21-12(2)25)29-20(28)17-15-5-3-4-6-16(15)19(27)24-23-17/h3-11H,1-2H3,(H,21,25)(H,22,26)(H,24,27). The number of anilines is 2. The first kappa shape index (κ1) is 19.7. The highest BCUT2D eigenvalue weighted by Crippen LogP contribution is 2.16. The molecule has 2 aromatic carbocycles. The lowest BCUT2D eigenvalue weighted by Gasteiger charge is -2.14. The summed E-state index contributed by atoms with van der Waals surface area (Å²) in [6.45, 7) is 2.82. The summed E-state index contributed by atoms with van der Waals surface area (Å²) in [5, 5.41) is 11.9. The Hall–Kier alpha value is -4.01. The summed E-state index contributed by atoms with van der Waals surface area (Å²) in [6, 6.07) is 12.9. The third-order valence-electron chi connectivity index (χ3n) is 4.02. The summed E-state index contributed by atoms with van der Waals surface area (Å²) in [6.07, 6.45) is -1.11. The maximum atomic E-state index is 12.5. The average molecular weight is 394 g/mol. The van der Waals surface area contributed by atoms with Gasteiger partial charge in [0.1, 0.15) is 0 Å². The number of H-pyrrole nitrogens is 1. The number of fused-ring (bicyclic) bond motifs is 1. The smallest absolute Gasteiger partial charge is 0.360 e. The summed E-state index contributed by atoms with van der Waals surface area (Å²) in [5.41, 5.74) is 0.552. The minimum atomic E-state index is -1.11. The molecule has 0 radical (unpaired) electrons. The Kier molecular flexibility index (Phi) is 5.68. The van der Waals surface area contributed by atoms with Gasteiger partial charge in [-0.1, -0.05) is 18.2 Å². The summed E-state index contributed by atoms with van der Waals surface area (Å²) in [5.74, 6) is -1.58. The summed E-state index contributed by atoms with van der Waals surface area (Å²) in [7, 11) is 0. The van der Waals surface area contributed by atoms with Gasteiger partial charge in [-0.25, -0.2) is 9.89 Å². The molecule has 3 rings (SSSR count). The minimum absolute atomic E-state index is 0.0838. The Morgan fingerprint density at radius 3 is 2.17 bits per heavy atom. The van der Waals surface area contributed by atoms with E-state index in [-0.39, 0.29) is 11.6 Å². The van der Waals surface area contributed by atoms with E-state index in [1.165, 1.54) is 13.8 Å². The Balaban J connectivity index is 1.68. The normalized spacial score (nSPS) is 11.5. The van der Waals surface area contributed by atoms with Crippen molar-refractivity contribution < 1.29 is 19.1 Å². The first-order valence-electron chi connectivity index (χ1n) is 8.72. The third kappa shape index (κ3) is 4.64. The fraction of sp³-hybridized carbons (Fsp3) is 0.150. The van der Waals surface area contributed by atoms with Crippen molar-refractivity contribution in [2.75, 3.05) is 10.6 Å². The number of nitrogens with zero attached hydrogens (tertiary/aromatic N) is 1. The molecule has 0 aliphatic heterocycles. The van der Waals surface area contributed by atoms with Gasteiger partial charge in [0.05, 0.1) is 5.39 Å². The topological polar surface area (TPSA) is 130 Å². The highest BCUT2D eigenvalue weighted by atomic mass is 16.5. The van der Waals surface area contributed by atoms with Crippen molar-refractivity contribution in [3.05, 3.63) is 64.6 Å². The molecule has 9 nitrogen and oxygen atoms in total. The van der Waals surface area contributed by atoms with Crippen LogP contribution in [0.1, 0.15) is 24.3 Å². The van der Waals surface area contributed by atoms with Crippen LogP contribution in [0.4, 0.5) is 11.4 Å². The Morgan fingerprint density at radius 1 is 0.966 bits per heavy atom. The number of hydrogen-bond acceptors (Lipinski definition) is 6. The number of carbonyl (C=O) groups is 3. The van der Waals surface area contributed by atoms with Crippen LogP contribution >= 0.6 is 0 Å². The van der Waals surface area contributed by atoms with Gasteiger partial charge in [-0.2, -0.15) is 5.10 Å². The van der Waals surface area contributed by atoms with Crippen molar-refractivity contribution in [3.8, 4) is 0 Å². The lowest BCUT2D eigenvalue weighted by Crippen LogP contribution is -2.30. The molecule has 1 atom stereocenters. The number of benzene rings is 2. The molecule has 0 saturated carbocycles. The first-order chi connectivity index (χ1) is 13.8. The van der Waals surface area contributed by atoms with Gasteiger partial charge < -0.3 is 15.4 Å². The molecule has 1 heterocycles. The monoisotopic (exact) mass is 394 g/mol. The van der Waals surface area contributed by atoms with Crippen molar-refractivity contribution in [1.29, 1.82) is 0 Å². The van der Waals surface area contributed by atoms with E-state index in [4.69, 9.17) is 4.74 Å². The van der Waals surface area contributed by atoms with E-state index in [0.717, 1.165) is 0 Å². The highest BCUT2D eigenvalue weighted by Gasteiger charge is 2.22. The van der Waals surface area contributed by atoms with Gasteiger partial charge in [-0.3, -0.25) is 14.4 Å². The second-order valence-corrected chi connectivity index (χ2v) is 6.24. The maximum absolute atomic E-state index is 12.5. The molecule has 148 valence electrons. The number of rotatable bonds is 5. The summed E-state index contributed by atoms with van der Waals surface area (Å²) >= 11 is 0. The highest BCUT2D eigenvalue weighted by molar-refractivity contribution is 6.03. The predicted molar refractivity (Wildman–Crippen MR) is 107 cm³/mol. The van der Waals surface area contributed by atoms with Crippen molar-refractivity contribution in [3.63, 3.8) is 0 Å². The molecule has 0 aliphatic carbocycles. The van der Waals surface area contributed by atoms with Gasteiger partial charge in [-0.05, 0) is 37.3 Å². The molecule has 0 aliphatic rings. The lowest BCUT2D eigenvalue weighted by molar-refractivity contribution is -0.123. The zero-order valence-electron chi connectivity index (χ0n) is 15.7. The first-order valence-corrected chi connectivity index (χ1v) is 8.72. The van der Waals surface area contributed by atoms with E-state index < -0.39 is 23.5 Å². The van der Waals surface area contributed by atoms with E-state index in [1.54, 1.807) is 48.5 Å². The predicted octanol–water partition coefficient (Wildman–Crippen LogP) is 2.07. The number of ether oxygens (including phenoxy) is 1. The Morgan fingerprint density at radius 2 is 1.55 bits per heavy atom. The van der Waals surface area contributed by atoms with E-state index in [0.29, 0.717) is 22.1 Å². The SMILES string of the molecule is CC(=O)Nc1ccc(NC(=O)C(C)OC(=O)c2n[nH]c(=O)c3ccccc23)cc1. The number of carbonyl (C=O) groups excluding carboxylic acids is 3. The molecule has 0 fully saturated rings. The Labute approximate surface area is 165 Å². The van der Waals surface area contributed by atoms with Crippen LogP contribution in [0.2, 0.25) is 0 Å². The molecule has 9 heteroatoms. The van der Waals surface area contributed by atoms with E-state index in [2.05, 4.69) is 20.8 Å². The molecular formula is C20H18N4O5. The fourth-order valence-corrected chi connectivity index (χ4v) is 2.62. The van der Waals surface area contributed by atoms with E-state index in [9.17, 15) is 19.2 Å². The van der Waals surface area contributed by atoms with Crippen molar-refractivity contribution in [2.45, 2.75) is 20.0 Å². The van der Waals surface area contributed by atoms with Crippen LogP contribution < -0.4 is 16.2 Å². The third-order valence-corrected chi connectivity index (χ3v) is 4.02. The quantitative estimate of drug-likeness (QED) is 0.568. The number of amides is 2. The molecule has 0 spiro atoms. The lowest BCUT2D eigenvalue weighted by atomic mass is 10.1. The molecule has 3 aromatic rings. The van der Waals surface area contributed by atoms with Gasteiger partial charge in [0.2, 0.25) is 5.91 Å². The van der Waals surface area contributed by atoms with Crippen molar-refractivity contribution in [2.24, 2.45) is 0 Å². The van der Waals surface area contributed by atoms with Gasteiger partial charge in [0.25, 0.3) is 11.5 Å². The van der Waals surface area contributed by atoms with Crippen molar-refractivity contribution in [1.82, 2.24) is 10.2 Å². The van der Waals surface area contributed by atoms with Crippen LogP contribution in [0, 0.1) is 0 Å². The molecule has 29 heavy (non-hydrogen) atoms. The maximum Gasteiger partial charge on any atom is 0.360 e. The van der Waals surface area contributed by atoms with E-state index >= 15 is 0 Å². The number of hydrogen-bond donors (Lipinski definition) is 3. The van der Waals surface area contributed by atoms with Crippen LogP contribution in [-0.2, 0) is 14.3 Å². The molecule has 3 N–H and O–H groups in total. The number of nitrogens with one attached hydrogen (secondary N) is 3. The molecule has 1 aromatic heterocycles. The number of aromatic amines is 1. The second kappa shape index (κ2) is 8.34. The number of aromatic nitrogens is 2. The summed E-state index contributed by atoms with van der Waals surface area (Å²) in [4.78, 5) is 47.6. The largest absolute Gasteiger partial charge is 0.448 e. The van der Waals surface area contributed by atoms with Crippen molar-refractivity contribution >= 4 is 39.9 Å². The van der Waals surface area contributed by atoms with Gasteiger partial charge in [0.15, 0.2) is 11.8 Å². The molecule has 1 unspecified atom stereocenters. The molecule has 0 saturated heterocycles. The van der Waals surface area contributed by atoms with Crippen LogP contribution in [0.15, 0.2) is 53.3 Å².